The molecular formula is C27H30ClF3N2O3. The highest BCUT2D eigenvalue weighted by molar-refractivity contribution is 6.33. The van der Waals surface area contributed by atoms with Crippen LogP contribution in [0.1, 0.15) is 47.5 Å². The molecule has 1 aliphatic heterocycles. The molecule has 0 N–H and O–H groups in total. The van der Waals surface area contributed by atoms with Crippen molar-refractivity contribution >= 4 is 29.5 Å². The van der Waals surface area contributed by atoms with Gasteiger partial charge in [-0.05, 0) is 72.9 Å². The molecule has 1 saturated heterocycles. The minimum absolute atomic E-state index is 0.116. The van der Waals surface area contributed by atoms with E-state index in [1.54, 1.807) is 12.1 Å². The predicted octanol–water partition coefficient (Wildman–Crippen LogP) is 5.96. The largest absolute Gasteiger partial charge is 0.497 e. The van der Waals surface area contributed by atoms with Crippen molar-refractivity contribution in [3.05, 3.63) is 58.6 Å². The van der Waals surface area contributed by atoms with E-state index in [-0.39, 0.29) is 23.3 Å². The Balaban J connectivity index is 1.32. The number of methoxy groups -OCH3 is 1. The highest BCUT2D eigenvalue weighted by atomic mass is 35.5. The third kappa shape index (κ3) is 5.48. The van der Waals surface area contributed by atoms with Gasteiger partial charge in [-0.2, -0.15) is 13.2 Å². The number of carbonyl (C=O) groups excluding carboxylic acids is 2. The zero-order chi connectivity index (χ0) is 26.1. The van der Waals surface area contributed by atoms with E-state index in [2.05, 4.69) is 4.90 Å². The van der Waals surface area contributed by atoms with E-state index < -0.39 is 18.0 Å². The minimum Gasteiger partial charge on any atom is -0.497 e. The average molecular weight is 523 g/mol. The number of rotatable bonds is 8. The van der Waals surface area contributed by atoms with E-state index in [9.17, 15) is 22.8 Å². The molecule has 36 heavy (non-hydrogen) atoms. The van der Waals surface area contributed by atoms with Gasteiger partial charge >= 0.3 is 6.18 Å². The molecule has 1 spiro atoms. The average Bonchev–Trinajstić information content (AvgIpc) is 3.53. The van der Waals surface area contributed by atoms with Crippen molar-refractivity contribution in [1.29, 1.82) is 0 Å². The number of nitrogens with zero attached hydrogens (tertiary/aromatic N) is 2. The molecule has 5 nitrogen and oxygen atoms in total. The van der Waals surface area contributed by atoms with Crippen molar-refractivity contribution < 1.29 is 27.5 Å². The summed E-state index contributed by atoms with van der Waals surface area (Å²) in [4.78, 5) is 27.4. The number of benzene rings is 2. The van der Waals surface area contributed by atoms with Crippen molar-refractivity contribution in [3.8, 4) is 5.75 Å². The van der Waals surface area contributed by atoms with Crippen LogP contribution in [0.2, 0.25) is 5.02 Å². The molecule has 9 heteroatoms. The molecule has 2 aliphatic rings. The maximum Gasteiger partial charge on any atom is 0.404 e. The zero-order valence-corrected chi connectivity index (χ0v) is 21.1. The van der Waals surface area contributed by atoms with Crippen molar-refractivity contribution in [3.63, 3.8) is 0 Å². The lowest BCUT2D eigenvalue weighted by Gasteiger charge is -2.35. The van der Waals surface area contributed by atoms with Crippen LogP contribution in [0.5, 0.6) is 5.75 Å². The fourth-order valence-electron chi connectivity index (χ4n) is 5.44. The lowest BCUT2D eigenvalue weighted by atomic mass is 9.89. The molecule has 194 valence electrons. The molecule has 2 fully saturated rings. The summed E-state index contributed by atoms with van der Waals surface area (Å²) < 4.78 is 46.7. The Morgan fingerprint density at radius 2 is 1.97 bits per heavy atom. The molecule has 4 rings (SSSR count). The number of aldehydes is 1. The van der Waals surface area contributed by atoms with Crippen molar-refractivity contribution in [2.24, 2.45) is 11.3 Å². The molecule has 2 aromatic rings. The van der Waals surface area contributed by atoms with Crippen LogP contribution in [0.4, 0.5) is 18.9 Å². The Bertz CT molecular complexity index is 1120. The first-order chi connectivity index (χ1) is 17.1. The Labute approximate surface area is 214 Å². The molecule has 0 aromatic heterocycles. The molecule has 1 aliphatic carbocycles. The van der Waals surface area contributed by atoms with E-state index in [1.807, 2.05) is 12.1 Å². The summed E-state index contributed by atoms with van der Waals surface area (Å²) in [6, 6.07) is 11.0. The van der Waals surface area contributed by atoms with Gasteiger partial charge < -0.3 is 14.5 Å². The minimum atomic E-state index is -4.70. The number of ether oxygens (including phenoxy) is 1. The molecule has 0 bridgehead atoms. The maximum absolute atomic E-state index is 13.9. The molecule has 2 atom stereocenters. The van der Waals surface area contributed by atoms with E-state index in [1.165, 1.54) is 37.3 Å². The van der Waals surface area contributed by atoms with Gasteiger partial charge in [0.25, 0.3) is 0 Å². The first-order valence-electron chi connectivity index (χ1n) is 12.0. The first kappa shape index (κ1) is 26.3. The first-order valence-corrected chi connectivity index (χ1v) is 12.4. The Kier molecular flexibility index (Phi) is 7.55. The van der Waals surface area contributed by atoms with Gasteiger partial charge in [-0.25, -0.2) is 0 Å². The van der Waals surface area contributed by atoms with E-state index in [0.717, 1.165) is 44.3 Å². The van der Waals surface area contributed by atoms with Crippen LogP contribution in [0.3, 0.4) is 0 Å². The van der Waals surface area contributed by atoms with Gasteiger partial charge in [-0.1, -0.05) is 23.7 Å². The summed E-state index contributed by atoms with van der Waals surface area (Å²) in [6.45, 7) is 2.00. The number of anilines is 1. The Hall–Kier alpha value is -2.74. The number of piperidine rings is 1. The Morgan fingerprint density at radius 3 is 2.58 bits per heavy atom. The van der Waals surface area contributed by atoms with Gasteiger partial charge in [0, 0.05) is 37.9 Å². The summed E-state index contributed by atoms with van der Waals surface area (Å²) in [6.07, 6.45) is -0.272. The van der Waals surface area contributed by atoms with Crippen LogP contribution < -0.4 is 9.64 Å². The molecule has 0 radical (unpaired) electrons. The van der Waals surface area contributed by atoms with Crippen molar-refractivity contribution in [2.75, 3.05) is 38.7 Å². The molecule has 1 amide bonds. The monoisotopic (exact) mass is 522 g/mol. The third-order valence-electron chi connectivity index (χ3n) is 7.78. The fourth-order valence-corrected chi connectivity index (χ4v) is 5.66. The highest BCUT2D eigenvalue weighted by Gasteiger charge is 2.54. The quantitative estimate of drug-likeness (QED) is 0.401. The van der Waals surface area contributed by atoms with Crippen molar-refractivity contribution in [2.45, 2.75) is 37.8 Å². The molecule has 2 aromatic carbocycles. The van der Waals surface area contributed by atoms with Crippen LogP contribution in [-0.4, -0.2) is 57.1 Å². The highest BCUT2D eigenvalue weighted by Crippen LogP contribution is 2.61. The lowest BCUT2D eigenvalue weighted by Crippen LogP contribution is -2.39. The molecule has 1 saturated carbocycles. The number of hydrogen-bond acceptors (Lipinski definition) is 4. The number of likely N-dealkylation sites (N-methyl/N-ethyl adjacent to an activating group) is 1. The topological polar surface area (TPSA) is 49.9 Å². The predicted molar refractivity (Wildman–Crippen MR) is 133 cm³/mol. The normalized spacial score (nSPS) is 19.6. The SMILES string of the molecule is COc1cccc(C(C(=O)N(C)CCC2CC23CCN(c2ccc(C=O)c(Cl)c2)CC3)C(F)(F)F)c1. The lowest BCUT2D eigenvalue weighted by molar-refractivity contribution is -0.171. The van der Waals surface area contributed by atoms with Crippen LogP contribution in [0.25, 0.3) is 0 Å². The third-order valence-corrected chi connectivity index (χ3v) is 8.11. The summed E-state index contributed by atoms with van der Waals surface area (Å²) in [5, 5.41) is 0.436. The van der Waals surface area contributed by atoms with E-state index in [0.29, 0.717) is 22.9 Å². The van der Waals surface area contributed by atoms with Gasteiger partial charge in [0.15, 0.2) is 12.2 Å². The molecule has 1 heterocycles. The number of hydrogen-bond donors (Lipinski definition) is 0. The molecular weight excluding hydrogens is 493 g/mol. The van der Waals surface area contributed by atoms with Crippen LogP contribution in [0, 0.1) is 11.3 Å². The number of amides is 1. The van der Waals surface area contributed by atoms with Crippen molar-refractivity contribution in [1.82, 2.24) is 4.90 Å². The number of carbonyl (C=O) groups is 2. The van der Waals surface area contributed by atoms with Gasteiger partial charge in [-0.3, -0.25) is 9.59 Å². The van der Waals surface area contributed by atoms with Gasteiger partial charge in [0.1, 0.15) is 5.75 Å². The smallest absolute Gasteiger partial charge is 0.404 e. The second-order valence-electron chi connectivity index (χ2n) is 9.87. The summed E-state index contributed by atoms with van der Waals surface area (Å²) in [7, 11) is 2.83. The Morgan fingerprint density at radius 1 is 1.25 bits per heavy atom. The molecule has 2 unspecified atom stereocenters. The number of alkyl halides is 3. The van der Waals surface area contributed by atoms with E-state index in [4.69, 9.17) is 16.3 Å². The standard InChI is InChI=1S/C27H30ClF3N2O3/c1-32(25(35)24(27(29,30)31)18-4-3-5-22(14-18)36-2)11-8-20-16-26(20)9-12-33(13-10-26)21-7-6-19(17-34)23(28)15-21/h3-7,14-15,17,20,24H,8-13,16H2,1-2H3. The second kappa shape index (κ2) is 10.3. The summed E-state index contributed by atoms with van der Waals surface area (Å²) in [5.41, 5.74) is 1.53. The fraction of sp³-hybridized carbons (Fsp3) is 0.481. The van der Waals surface area contributed by atoms with E-state index >= 15 is 0 Å². The summed E-state index contributed by atoms with van der Waals surface area (Å²) in [5.74, 6) is -2.48. The number of halogens is 4. The second-order valence-corrected chi connectivity index (χ2v) is 10.3. The van der Waals surface area contributed by atoms with Crippen LogP contribution in [-0.2, 0) is 4.79 Å². The zero-order valence-electron chi connectivity index (χ0n) is 20.4. The summed E-state index contributed by atoms with van der Waals surface area (Å²) >= 11 is 6.17. The van der Waals surface area contributed by atoms with Gasteiger partial charge in [0.05, 0.1) is 12.1 Å². The van der Waals surface area contributed by atoms with Crippen LogP contribution >= 0.6 is 11.6 Å². The van der Waals surface area contributed by atoms with Gasteiger partial charge in [-0.15, -0.1) is 0 Å². The maximum atomic E-state index is 13.9. The van der Waals surface area contributed by atoms with Gasteiger partial charge in [0.2, 0.25) is 5.91 Å². The van der Waals surface area contributed by atoms with Crippen LogP contribution in [0.15, 0.2) is 42.5 Å².